The molecule has 5 nitrogen and oxygen atoms in total. The molecule has 0 fully saturated rings. The summed E-state index contributed by atoms with van der Waals surface area (Å²) in [5, 5.41) is 0.909. The van der Waals surface area contributed by atoms with Gasteiger partial charge in [0, 0.05) is 23.2 Å². The van der Waals surface area contributed by atoms with E-state index in [0.717, 1.165) is 28.5 Å². The number of hydrogen-bond acceptors (Lipinski definition) is 3. The predicted molar refractivity (Wildman–Crippen MR) is 127 cm³/mol. The van der Waals surface area contributed by atoms with Gasteiger partial charge in [-0.2, -0.15) is 0 Å². The van der Waals surface area contributed by atoms with Gasteiger partial charge in [-0.3, -0.25) is 9.59 Å². The number of halogens is 1. The van der Waals surface area contributed by atoms with Crippen molar-refractivity contribution in [2.45, 2.75) is 26.4 Å². The maximum atomic E-state index is 13.8. The Kier molecular flexibility index (Phi) is 6.54. The molecule has 1 N–H and O–H groups in total. The van der Waals surface area contributed by atoms with Crippen molar-refractivity contribution in [2.75, 3.05) is 7.11 Å². The first-order chi connectivity index (χ1) is 16.0. The van der Waals surface area contributed by atoms with E-state index in [1.807, 2.05) is 48.5 Å². The minimum Gasteiger partial charge on any atom is -0.497 e. The number of carbonyl (C=O) groups excluding carboxylic acids is 1. The number of rotatable bonds is 7. The number of carbonyl (C=O) groups is 1. The number of aromatic amines is 1. The Balaban J connectivity index is 1.71. The molecule has 4 aromatic rings. The second kappa shape index (κ2) is 9.69. The van der Waals surface area contributed by atoms with Gasteiger partial charge in [0.2, 0.25) is 0 Å². The Morgan fingerprint density at radius 1 is 0.970 bits per heavy atom. The van der Waals surface area contributed by atoms with E-state index in [2.05, 4.69) is 11.9 Å². The van der Waals surface area contributed by atoms with E-state index in [-0.39, 0.29) is 30.1 Å². The second-order valence-electron chi connectivity index (χ2n) is 7.92. The molecular weight excluding hydrogens is 419 g/mol. The molecular formula is C27H25FN2O3. The van der Waals surface area contributed by atoms with E-state index in [0.29, 0.717) is 11.3 Å². The number of aromatic nitrogens is 1. The number of fused-ring (bicyclic) bond motifs is 1. The first-order valence-electron chi connectivity index (χ1n) is 10.8. The summed E-state index contributed by atoms with van der Waals surface area (Å²) in [5.74, 6) is -0.132. The summed E-state index contributed by atoms with van der Waals surface area (Å²) in [6.45, 7) is 2.41. The van der Waals surface area contributed by atoms with Crippen LogP contribution in [0, 0.1) is 5.82 Å². The lowest BCUT2D eigenvalue weighted by molar-refractivity contribution is 0.0729. The molecule has 0 saturated carbocycles. The maximum Gasteiger partial charge on any atom is 0.254 e. The fraction of sp³-hybridized carbons (Fsp3) is 0.185. The molecule has 0 unspecified atom stereocenters. The number of benzene rings is 3. The van der Waals surface area contributed by atoms with Crippen molar-refractivity contribution in [1.29, 1.82) is 0 Å². The molecule has 33 heavy (non-hydrogen) atoms. The van der Waals surface area contributed by atoms with E-state index in [9.17, 15) is 14.0 Å². The molecule has 0 aliphatic heterocycles. The second-order valence-corrected chi connectivity index (χ2v) is 7.92. The van der Waals surface area contributed by atoms with Gasteiger partial charge < -0.3 is 14.6 Å². The van der Waals surface area contributed by atoms with Gasteiger partial charge in [-0.05, 0) is 71.5 Å². The van der Waals surface area contributed by atoms with Crippen molar-refractivity contribution in [3.8, 4) is 5.75 Å². The highest BCUT2D eigenvalue weighted by molar-refractivity contribution is 5.94. The van der Waals surface area contributed by atoms with Gasteiger partial charge >= 0.3 is 0 Å². The van der Waals surface area contributed by atoms with Gasteiger partial charge in [-0.15, -0.1) is 0 Å². The molecule has 6 heteroatoms. The predicted octanol–water partition coefficient (Wildman–Crippen LogP) is 5.08. The van der Waals surface area contributed by atoms with Crippen LogP contribution in [0.3, 0.4) is 0 Å². The Morgan fingerprint density at radius 3 is 2.42 bits per heavy atom. The normalized spacial score (nSPS) is 10.9. The molecule has 4 rings (SSSR count). The molecule has 0 saturated heterocycles. The molecule has 0 spiro atoms. The zero-order valence-electron chi connectivity index (χ0n) is 18.6. The Labute approximate surface area is 191 Å². The lowest BCUT2D eigenvalue weighted by atomic mass is 10.1. The van der Waals surface area contributed by atoms with Crippen molar-refractivity contribution >= 4 is 16.8 Å². The third-order valence-corrected chi connectivity index (χ3v) is 5.65. The van der Waals surface area contributed by atoms with Crippen LogP contribution in [-0.2, 0) is 19.5 Å². The van der Waals surface area contributed by atoms with Crippen LogP contribution in [0.5, 0.6) is 5.75 Å². The van der Waals surface area contributed by atoms with E-state index in [1.165, 1.54) is 18.2 Å². The molecule has 3 aromatic carbocycles. The fourth-order valence-corrected chi connectivity index (χ4v) is 3.80. The van der Waals surface area contributed by atoms with Crippen molar-refractivity contribution < 1.29 is 13.9 Å². The van der Waals surface area contributed by atoms with Crippen molar-refractivity contribution in [3.63, 3.8) is 0 Å². The molecule has 168 valence electrons. The third kappa shape index (κ3) is 5.12. The minimum atomic E-state index is -0.485. The summed E-state index contributed by atoms with van der Waals surface area (Å²) in [6, 6.07) is 20.7. The molecule has 1 aromatic heterocycles. The number of aryl methyl sites for hydroxylation is 1. The number of nitrogens with zero attached hydrogens (tertiary/aromatic N) is 1. The maximum absolute atomic E-state index is 13.8. The Hall–Kier alpha value is -3.93. The number of H-pyrrole nitrogens is 1. The smallest absolute Gasteiger partial charge is 0.254 e. The number of hydrogen-bond donors (Lipinski definition) is 1. The summed E-state index contributed by atoms with van der Waals surface area (Å²) in [4.78, 5) is 30.6. The van der Waals surface area contributed by atoms with E-state index >= 15 is 0 Å². The summed E-state index contributed by atoms with van der Waals surface area (Å²) >= 11 is 0. The van der Waals surface area contributed by atoms with Gasteiger partial charge in [-0.25, -0.2) is 4.39 Å². The number of nitrogens with one attached hydrogen (secondary N) is 1. The molecule has 1 amide bonds. The summed E-state index contributed by atoms with van der Waals surface area (Å²) < 4.78 is 19.0. The van der Waals surface area contributed by atoms with Gasteiger partial charge in [0.25, 0.3) is 11.5 Å². The van der Waals surface area contributed by atoms with Crippen molar-refractivity contribution in [1.82, 2.24) is 9.88 Å². The Bertz CT molecular complexity index is 1350. The zero-order valence-corrected chi connectivity index (χ0v) is 18.6. The molecule has 1 heterocycles. The lowest BCUT2D eigenvalue weighted by Crippen LogP contribution is -2.32. The topological polar surface area (TPSA) is 62.4 Å². The third-order valence-electron chi connectivity index (χ3n) is 5.65. The van der Waals surface area contributed by atoms with Crippen LogP contribution < -0.4 is 10.3 Å². The number of methoxy groups -OCH3 is 1. The van der Waals surface area contributed by atoms with Crippen LogP contribution in [0.15, 0.2) is 77.6 Å². The molecule has 0 atom stereocenters. The fourth-order valence-electron chi connectivity index (χ4n) is 3.80. The van der Waals surface area contributed by atoms with Crippen molar-refractivity contribution in [2.24, 2.45) is 0 Å². The number of ether oxygens (including phenoxy) is 1. The SMILES string of the molecule is CCc1ccc2[nH]c(=O)c(CN(Cc3ccc(OC)cc3)C(=O)c3cccc(F)c3)cc2c1. The van der Waals surface area contributed by atoms with Gasteiger partial charge in [0.15, 0.2) is 0 Å². The van der Waals surface area contributed by atoms with E-state index < -0.39 is 5.82 Å². The Morgan fingerprint density at radius 2 is 1.73 bits per heavy atom. The summed E-state index contributed by atoms with van der Waals surface area (Å²) in [7, 11) is 1.59. The molecule has 0 bridgehead atoms. The molecule has 0 radical (unpaired) electrons. The van der Waals surface area contributed by atoms with E-state index in [1.54, 1.807) is 18.1 Å². The number of amides is 1. The highest BCUT2D eigenvalue weighted by atomic mass is 19.1. The summed E-state index contributed by atoms with van der Waals surface area (Å²) in [6.07, 6.45) is 0.881. The van der Waals surface area contributed by atoms with Crippen molar-refractivity contribution in [3.05, 3.63) is 111 Å². The quantitative estimate of drug-likeness (QED) is 0.432. The molecule has 0 aliphatic carbocycles. The van der Waals surface area contributed by atoms with Crippen LogP contribution in [0.2, 0.25) is 0 Å². The van der Waals surface area contributed by atoms with Gasteiger partial charge in [0.1, 0.15) is 11.6 Å². The first-order valence-corrected chi connectivity index (χ1v) is 10.8. The highest BCUT2D eigenvalue weighted by Crippen LogP contribution is 2.19. The van der Waals surface area contributed by atoms with E-state index in [4.69, 9.17) is 4.74 Å². The largest absolute Gasteiger partial charge is 0.497 e. The van der Waals surface area contributed by atoms with Gasteiger partial charge in [0.05, 0.1) is 13.7 Å². The average Bonchev–Trinajstić information content (AvgIpc) is 2.83. The monoisotopic (exact) mass is 444 g/mol. The highest BCUT2D eigenvalue weighted by Gasteiger charge is 2.19. The lowest BCUT2D eigenvalue weighted by Gasteiger charge is -2.23. The summed E-state index contributed by atoms with van der Waals surface area (Å²) in [5.41, 5.74) is 3.22. The van der Waals surface area contributed by atoms with Crippen LogP contribution >= 0.6 is 0 Å². The standard InChI is InChI=1S/C27H25FN2O3/c1-3-18-9-12-25-21(13-18)14-22(26(31)29-25)17-30(16-19-7-10-24(33-2)11-8-19)27(32)20-5-4-6-23(28)15-20/h4-15H,3,16-17H2,1-2H3,(H,29,31). The minimum absolute atomic E-state index is 0.0863. The number of pyridine rings is 1. The van der Waals surface area contributed by atoms with Crippen LogP contribution in [0.25, 0.3) is 10.9 Å². The van der Waals surface area contributed by atoms with Crippen LogP contribution in [-0.4, -0.2) is 22.9 Å². The van der Waals surface area contributed by atoms with Crippen LogP contribution in [0.1, 0.15) is 34.0 Å². The molecule has 0 aliphatic rings. The van der Waals surface area contributed by atoms with Gasteiger partial charge in [-0.1, -0.05) is 31.2 Å². The van der Waals surface area contributed by atoms with Crippen LogP contribution in [0.4, 0.5) is 4.39 Å². The zero-order chi connectivity index (χ0) is 23.4. The average molecular weight is 445 g/mol. The first kappa shape index (κ1) is 22.3.